The molecule has 0 fully saturated rings. The number of amides is 1. The summed E-state index contributed by atoms with van der Waals surface area (Å²) < 4.78 is 0.899. The summed E-state index contributed by atoms with van der Waals surface area (Å²) in [4.78, 5) is 12.0. The summed E-state index contributed by atoms with van der Waals surface area (Å²) in [7, 11) is 0. The number of fused-ring (bicyclic) bond motifs is 1. The largest absolute Gasteiger partial charge is 0.361 e. The average Bonchev–Trinajstić information content (AvgIpc) is 2.40. The highest BCUT2D eigenvalue weighted by Gasteiger charge is 2.24. The molecule has 2 aromatic carbocycles. The van der Waals surface area contributed by atoms with E-state index in [9.17, 15) is 4.79 Å². The molecule has 1 aliphatic rings. The van der Waals surface area contributed by atoms with Gasteiger partial charge in [-0.25, -0.2) is 0 Å². The number of rotatable bonds is 1. The summed E-state index contributed by atoms with van der Waals surface area (Å²) >= 11 is 3.37. The van der Waals surface area contributed by atoms with Crippen LogP contribution in [0.1, 0.15) is 22.1 Å². The van der Waals surface area contributed by atoms with Crippen LogP contribution in [0.15, 0.2) is 53.0 Å². The van der Waals surface area contributed by atoms with Gasteiger partial charge in [-0.3, -0.25) is 4.79 Å². The van der Waals surface area contributed by atoms with Gasteiger partial charge in [-0.1, -0.05) is 46.3 Å². The first-order valence-electron chi connectivity index (χ1n) is 5.66. The molecule has 0 bridgehead atoms. The standard InChI is InChI=1S/C14H11BrN2O/c15-10-6-7-12-11(8-10)14(18)17-13(16-12)9-4-2-1-3-5-9/h1-8,13,16H,(H,17,18)/t13-/m0/s1. The molecule has 0 aliphatic carbocycles. The lowest BCUT2D eigenvalue weighted by Gasteiger charge is -2.28. The predicted octanol–water partition coefficient (Wildman–Crippen LogP) is 3.30. The topological polar surface area (TPSA) is 41.1 Å². The number of anilines is 1. The van der Waals surface area contributed by atoms with E-state index in [-0.39, 0.29) is 12.1 Å². The maximum Gasteiger partial charge on any atom is 0.255 e. The monoisotopic (exact) mass is 302 g/mol. The molecule has 3 nitrogen and oxygen atoms in total. The van der Waals surface area contributed by atoms with E-state index in [1.807, 2.05) is 48.5 Å². The fraction of sp³-hybridized carbons (Fsp3) is 0.0714. The van der Waals surface area contributed by atoms with Gasteiger partial charge in [0.15, 0.2) is 0 Å². The zero-order valence-corrected chi connectivity index (χ0v) is 11.1. The van der Waals surface area contributed by atoms with E-state index in [4.69, 9.17) is 0 Å². The second-order valence-electron chi connectivity index (χ2n) is 4.15. The van der Waals surface area contributed by atoms with Gasteiger partial charge in [-0.15, -0.1) is 0 Å². The first-order valence-corrected chi connectivity index (χ1v) is 6.45. The smallest absolute Gasteiger partial charge is 0.255 e. The van der Waals surface area contributed by atoms with Gasteiger partial charge in [0.25, 0.3) is 5.91 Å². The minimum absolute atomic E-state index is 0.0566. The van der Waals surface area contributed by atoms with E-state index in [0.717, 1.165) is 15.7 Å². The van der Waals surface area contributed by atoms with Crippen LogP contribution < -0.4 is 10.6 Å². The molecule has 1 heterocycles. The van der Waals surface area contributed by atoms with Gasteiger partial charge in [-0.2, -0.15) is 0 Å². The van der Waals surface area contributed by atoms with Crippen LogP contribution in [0.25, 0.3) is 0 Å². The lowest BCUT2D eigenvalue weighted by molar-refractivity contribution is 0.0935. The Labute approximate surface area is 113 Å². The Bertz CT molecular complexity index is 598. The first kappa shape index (κ1) is 11.3. The molecule has 0 saturated heterocycles. The lowest BCUT2D eigenvalue weighted by Crippen LogP contribution is -2.38. The number of halogens is 1. The molecular formula is C14H11BrN2O. The SMILES string of the molecule is O=C1N[C@@H](c2ccccc2)Nc2ccc(Br)cc21. The third-order valence-electron chi connectivity index (χ3n) is 2.93. The van der Waals surface area contributed by atoms with Crippen molar-refractivity contribution in [3.05, 3.63) is 64.1 Å². The molecule has 3 rings (SSSR count). The minimum Gasteiger partial charge on any atom is -0.361 e. The fourth-order valence-electron chi connectivity index (χ4n) is 2.04. The van der Waals surface area contributed by atoms with E-state index in [1.165, 1.54) is 0 Å². The molecule has 0 unspecified atom stereocenters. The fourth-order valence-corrected chi connectivity index (χ4v) is 2.40. The summed E-state index contributed by atoms with van der Waals surface area (Å²) in [5.41, 5.74) is 2.56. The molecule has 0 spiro atoms. The maximum absolute atomic E-state index is 12.0. The summed E-state index contributed by atoms with van der Waals surface area (Å²) in [5, 5.41) is 6.26. The summed E-state index contributed by atoms with van der Waals surface area (Å²) in [6.45, 7) is 0. The van der Waals surface area contributed by atoms with E-state index < -0.39 is 0 Å². The molecule has 2 aromatic rings. The molecule has 4 heteroatoms. The van der Waals surface area contributed by atoms with Crippen molar-refractivity contribution in [2.45, 2.75) is 6.17 Å². The highest BCUT2D eigenvalue weighted by molar-refractivity contribution is 9.10. The third kappa shape index (κ3) is 1.99. The van der Waals surface area contributed by atoms with Crippen molar-refractivity contribution < 1.29 is 4.79 Å². The van der Waals surface area contributed by atoms with Gasteiger partial charge in [0.05, 0.1) is 5.56 Å². The van der Waals surface area contributed by atoms with E-state index in [2.05, 4.69) is 26.6 Å². The second kappa shape index (κ2) is 4.46. The number of carbonyl (C=O) groups excluding carboxylic acids is 1. The Kier molecular flexibility index (Phi) is 2.80. The Hall–Kier alpha value is -1.81. The van der Waals surface area contributed by atoms with Crippen LogP contribution in [-0.2, 0) is 0 Å². The lowest BCUT2D eigenvalue weighted by atomic mass is 10.1. The zero-order valence-electron chi connectivity index (χ0n) is 9.48. The first-order chi connectivity index (χ1) is 8.74. The number of benzene rings is 2. The minimum atomic E-state index is -0.174. The summed E-state index contributed by atoms with van der Waals surface area (Å²) in [5.74, 6) is -0.0566. The van der Waals surface area contributed by atoms with Gasteiger partial charge in [-0.05, 0) is 23.8 Å². The highest BCUT2D eigenvalue weighted by Crippen LogP contribution is 2.28. The molecule has 1 aliphatic heterocycles. The Morgan fingerprint density at radius 3 is 2.56 bits per heavy atom. The van der Waals surface area contributed by atoms with Gasteiger partial charge >= 0.3 is 0 Å². The van der Waals surface area contributed by atoms with Crippen molar-refractivity contribution >= 4 is 27.5 Å². The molecule has 0 aromatic heterocycles. The van der Waals surface area contributed by atoms with Gasteiger partial charge < -0.3 is 10.6 Å². The molecule has 1 atom stereocenters. The van der Waals surface area contributed by atoms with Crippen LogP contribution in [0, 0.1) is 0 Å². The summed E-state index contributed by atoms with van der Waals surface area (Å²) in [6.07, 6.45) is -0.174. The van der Waals surface area contributed by atoms with Crippen LogP contribution in [0.2, 0.25) is 0 Å². The number of nitrogens with one attached hydrogen (secondary N) is 2. The highest BCUT2D eigenvalue weighted by atomic mass is 79.9. The molecule has 0 radical (unpaired) electrons. The number of hydrogen-bond donors (Lipinski definition) is 2. The molecule has 0 saturated carbocycles. The van der Waals surface area contributed by atoms with Gasteiger partial charge in [0, 0.05) is 10.2 Å². The van der Waals surface area contributed by atoms with Crippen LogP contribution in [0.3, 0.4) is 0 Å². The third-order valence-corrected chi connectivity index (χ3v) is 3.43. The molecule has 1 amide bonds. The number of hydrogen-bond acceptors (Lipinski definition) is 2. The normalized spacial score (nSPS) is 17.6. The zero-order chi connectivity index (χ0) is 12.5. The summed E-state index contributed by atoms with van der Waals surface area (Å²) in [6, 6.07) is 15.5. The van der Waals surface area contributed by atoms with Gasteiger partial charge in [0.2, 0.25) is 0 Å². The molecule has 2 N–H and O–H groups in total. The maximum atomic E-state index is 12.0. The Balaban J connectivity index is 1.97. The van der Waals surface area contributed by atoms with Gasteiger partial charge in [0.1, 0.15) is 6.17 Å². The Morgan fingerprint density at radius 2 is 1.78 bits per heavy atom. The molecular weight excluding hydrogens is 292 g/mol. The Morgan fingerprint density at radius 1 is 1.00 bits per heavy atom. The van der Waals surface area contributed by atoms with E-state index in [0.29, 0.717) is 5.56 Å². The second-order valence-corrected chi connectivity index (χ2v) is 5.07. The van der Waals surface area contributed by atoms with Crippen molar-refractivity contribution in [3.8, 4) is 0 Å². The van der Waals surface area contributed by atoms with Crippen molar-refractivity contribution in [2.24, 2.45) is 0 Å². The van der Waals surface area contributed by atoms with Crippen molar-refractivity contribution in [1.82, 2.24) is 5.32 Å². The van der Waals surface area contributed by atoms with Crippen LogP contribution in [0.4, 0.5) is 5.69 Å². The van der Waals surface area contributed by atoms with Crippen molar-refractivity contribution in [2.75, 3.05) is 5.32 Å². The quantitative estimate of drug-likeness (QED) is 0.848. The van der Waals surface area contributed by atoms with E-state index >= 15 is 0 Å². The van der Waals surface area contributed by atoms with Crippen molar-refractivity contribution in [3.63, 3.8) is 0 Å². The average molecular weight is 303 g/mol. The number of carbonyl (C=O) groups is 1. The van der Waals surface area contributed by atoms with Crippen LogP contribution >= 0.6 is 15.9 Å². The molecule has 90 valence electrons. The van der Waals surface area contributed by atoms with Crippen molar-refractivity contribution in [1.29, 1.82) is 0 Å². The predicted molar refractivity (Wildman–Crippen MR) is 74.4 cm³/mol. The van der Waals surface area contributed by atoms with Crippen LogP contribution in [-0.4, -0.2) is 5.91 Å². The molecule has 18 heavy (non-hydrogen) atoms. The van der Waals surface area contributed by atoms with E-state index in [1.54, 1.807) is 0 Å². The van der Waals surface area contributed by atoms with Crippen LogP contribution in [0.5, 0.6) is 0 Å².